The van der Waals surface area contributed by atoms with E-state index in [0.717, 1.165) is 5.56 Å². The van der Waals surface area contributed by atoms with Crippen molar-refractivity contribution in [1.82, 2.24) is 0 Å². The van der Waals surface area contributed by atoms with Crippen LogP contribution in [0.15, 0.2) is 84.9 Å². The van der Waals surface area contributed by atoms with Gasteiger partial charge in [-0.2, -0.15) is 0 Å². The normalized spacial score (nSPS) is 10.9. The molecule has 0 N–H and O–H groups in total. The van der Waals surface area contributed by atoms with Crippen molar-refractivity contribution in [3.05, 3.63) is 102 Å². The van der Waals surface area contributed by atoms with Crippen molar-refractivity contribution in [2.24, 2.45) is 0 Å². The minimum absolute atomic E-state index is 0.246. The molecule has 0 unspecified atom stereocenters. The van der Waals surface area contributed by atoms with E-state index in [1.54, 1.807) is 61.7 Å². The molecule has 0 saturated carbocycles. The Labute approximate surface area is 181 Å². The van der Waals surface area contributed by atoms with E-state index in [4.69, 9.17) is 14.2 Å². The molecule has 3 aromatic rings. The van der Waals surface area contributed by atoms with Crippen LogP contribution in [0.4, 0.5) is 0 Å². The maximum atomic E-state index is 12.7. The number of ether oxygens (including phenoxy) is 3. The quantitative estimate of drug-likeness (QED) is 0.219. The van der Waals surface area contributed by atoms with Crippen molar-refractivity contribution in [2.75, 3.05) is 14.2 Å². The summed E-state index contributed by atoms with van der Waals surface area (Å²) in [5, 5.41) is 0. The van der Waals surface area contributed by atoms with Gasteiger partial charge in [-0.3, -0.25) is 4.79 Å². The first-order chi connectivity index (χ1) is 15.1. The SMILES string of the molecule is COc1ccc(C(=O)/C=C/c2ccccc2OC(=O)/C=C/c2ccccc2)c(OC)c1. The Morgan fingerprint density at radius 2 is 1.48 bits per heavy atom. The Balaban J connectivity index is 1.74. The summed E-state index contributed by atoms with van der Waals surface area (Å²) in [5.74, 6) is 0.617. The highest BCUT2D eigenvalue weighted by molar-refractivity contribution is 6.09. The molecule has 3 rings (SSSR count). The molecule has 0 aliphatic rings. The average molecular weight is 414 g/mol. The van der Waals surface area contributed by atoms with Crippen molar-refractivity contribution in [1.29, 1.82) is 0 Å². The lowest BCUT2D eigenvalue weighted by molar-refractivity contribution is -0.128. The third-order valence-electron chi connectivity index (χ3n) is 4.43. The number of rotatable bonds is 8. The molecule has 0 fully saturated rings. The summed E-state index contributed by atoms with van der Waals surface area (Å²) in [7, 11) is 3.04. The van der Waals surface area contributed by atoms with Crippen LogP contribution in [0.1, 0.15) is 21.5 Å². The molecule has 5 heteroatoms. The van der Waals surface area contributed by atoms with Crippen LogP contribution >= 0.6 is 0 Å². The molecule has 0 bridgehead atoms. The molecular formula is C26H22O5. The summed E-state index contributed by atoms with van der Waals surface area (Å²) in [6.07, 6.45) is 6.07. The number of hydrogen-bond acceptors (Lipinski definition) is 5. The van der Waals surface area contributed by atoms with E-state index in [1.165, 1.54) is 19.3 Å². The number of carbonyl (C=O) groups excluding carboxylic acids is 2. The predicted octanol–water partition coefficient (Wildman–Crippen LogP) is 5.22. The van der Waals surface area contributed by atoms with Gasteiger partial charge >= 0.3 is 5.97 Å². The number of para-hydroxylation sites is 1. The van der Waals surface area contributed by atoms with Gasteiger partial charge in [0.05, 0.1) is 19.8 Å². The van der Waals surface area contributed by atoms with Crippen molar-refractivity contribution in [3.8, 4) is 17.2 Å². The summed E-state index contributed by atoms with van der Waals surface area (Å²) < 4.78 is 15.9. The topological polar surface area (TPSA) is 61.8 Å². The van der Waals surface area contributed by atoms with Crippen molar-refractivity contribution >= 4 is 23.9 Å². The molecule has 0 spiro atoms. The zero-order chi connectivity index (χ0) is 22.1. The lowest BCUT2D eigenvalue weighted by Crippen LogP contribution is -2.05. The summed E-state index contributed by atoms with van der Waals surface area (Å²) >= 11 is 0. The standard InChI is InChI=1S/C26H22O5/c1-29-21-14-15-22(25(18-21)30-2)23(27)16-13-20-10-6-7-11-24(20)31-26(28)17-12-19-8-4-3-5-9-19/h3-18H,1-2H3/b16-13+,17-12+. The lowest BCUT2D eigenvalue weighted by atomic mass is 10.1. The first-order valence-corrected chi connectivity index (χ1v) is 9.59. The van der Waals surface area contributed by atoms with Crippen LogP contribution in [0.2, 0.25) is 0 Å². The average Bonchev–Trinajstić information content (AvgIpc) is 2.82. The van der Waals surface area contributed by atoms with Crippen LogP contribution in [0, 0.1) is 0 Å². The molecule has 3 aromatic carbocycles. The second-order valence-corrected chi connectivity index (χ2v) is 6.47. The molecule has 0 aliphatic heterocycles. The fraction of sp³-hybridized carbons (Fsp3) is 0.0769. The minimum Gasteiger partial charge on any atom is -0.497 e. The molecule has 0 aliphatic carbocycles. The third kappa shape index (κ3) is 5.93. The molecule has 0 heterocycles. The van der Waals surface area contributed by atoms with Crippen LogP contribution in [0.3, 0.4) is 0 Å². The van der Waals surface area contributed by atoms with E-state index < -0.39 is 5.97 Å². The number of ketones is 1. The molecule has 31 heavy (non-hydrogen) atoms. The molecule has 5 nitrogen and oxygen atoms in total. The molecule has 0 saturated heterocycles. The van der Waals surface area contributed by atoms with E-state index >= 15 is 0 Å². The van der Waals surface area contributed by atoms with E-state index in [2.05, 4.69) is 0 Å². The fourth-order valence-electron chi connectivity index (χ4n) is 2.84. The van der Waals surface area contributed by atoms with Gasteiger partial charge in [-0.15, -0.1) is 0 Å². The lowest BCUT2D eigenvalue weighted by Gasteiger charge is -2.08. The van der Waals surface area contributed by atoms with Gasteiger partial charge in [0.15, 0.2) is 5.78 Å². The number of carbonyl (C=O) groups is 2. The highest BCUT2D eigenvalue weighted by Crippen LogP contribution is 2.26. The molecule has 0 radical (unpaired) electrons. The van der Waals surface area contributed by atoms with Crippen LogP contribution in [-0.2, 0) is 4.79 Å². The largest absolute Gasteiger partial charge is 0.497 e. The maximum absolute atomic E-state index is 12.7. The van der Waals surface area contributed by atoms with Crippen molar-refractivity contribution < 1.29 is 23.8 Å². The van der Waals surface area contributed by atoms with Gasteiger partial charge in [0.2, 0.25) is 0 Å². The van der Waals surface area contributed by atoms with E-state index in [-0.39, 0.29) is 5.78 Å². The summed E-state index contributed by atoms with van der Waals surface area (Å²) in [6.45, 7) is 0. The zero-order valence-corrected chi connectivity index (χ0v) is 17.3. The summed E-state index contributed by atoms with van der Waals surface area (Å²) in [5.41, 5.74) is 1.90. The van der Waals surface area contributed by atoms with Crippen molar-refractivity contribution in [2.45, 2.75) is 0 Å². The summed E-state index contributed by atoms with van der Waals surface area (Å²) in [4.78, 5) is 24.9. The second-order valence-electron chi connectivity index (χ2n) is 6.47. The van der Waals surface area contributed by atoms with Crippen LogP contribution in [-0.4, -0.2) is 26.0 Å². The smallest absolute Gasteiger partial charge is 0.336 e. The van der Waals surface area contributed by atoms with Gasteiger partial charge in [0.1, 0.15) is 17.2 Å². The van der Waals surface area contributed by atoms with E-state index in [1.807, 2.05) is 30.3 Å². The van der Waals surface area contributed by atoms with Crippen LogP contribution in [0.5, 0.6) is 17.2 Å². The van der Waals surface area contributed by atoms with Crippen molar-refractivity contribution in [3.63, 3.8) is 0 Å². The second kappa shape index (κ2) is 10.6. The Kier molecular flexibility index (Phi) is 7.38. The fourth-order valence-corrected chi connectivity index (χ4v) is 2.84. The Hall–Kier alpha value is -4.12. The number of hydrogen-bond donors (Lipinski definition) is 0. The Morgan fingerprint density at radius 3 is 2.23 bits per heavy atom. The number of esters is 1. The van der Waals surface area contributed by atoms with Gasteiger partial charge in [-0.1, -0.05) is 48.5 Å². The minimum atomic E-state index is -0.507. The first-order valence-electron chi connectivity index (χ1n) is 9.59. The van der Waals surface area contributed by atoms with Crippen LogP contribution in [0.25, 0.3) is 12.2 Å². The summed E-state index contributed by atoms with van der Waals surface area (Å²) in [6, 6.07) is 21.4. The number of allylic oxidation sites excluding steroid dienone is 1. The molecule has 156 valence electrons. The highest BCUT2D eigenvalue weighted by atomic mass is 16.5. The van der Waals surface area contributed by atoms with Gasteiger partial charge in [0.25, 0.3) is 0 Å². The maximum Gasteiger partial charge on any atom is 0.336 e. The van der Waals surface area contributed by atoms with Gasteiger partial charge in [-0.05, 0) is 42.0 Å². The molecule has 0 aromatic heterocycles. The number of methoxy groups -OCH3 is 2. The van der Waals surface area contributed by atoms with E-state index in [9.17, 15) is 9.59 Å². The zero-order valence-electron chi connectivity index (χ0n) is 17.3. The Bertz CT molecular complexity index is 1110. The predicted molar refractivity (Wildman–Crippen MR) is 120 cm³/mol. The number of benzene rings is 3. The third-order valence-corrected chi connectivity index (χ3v) is 4.43. The van der Waals surface area contributed by atoms with Gasteiger partial charge in [-0.25, -0.2) is 4.79 Å². The monoisotopic (exact) mass is 414 g/mol. The van der Waals surface area contributed by atoms with E-state index in [0.29, 0.717) is 28.4 Å². The molecule has 0 atom stereocenters. The highest BCUT2D eigenvalue weighted by Gasteiger charge is 2.11. The van der Waals surface area contributed by atoms with Gasteiger partial charge < -0.3 is 14.2 Å². The van der Waals surface area contributed by atoms with Crippen LogP contribution < -0.4 is 14.2 Å². The Morgan fingerprint density at radius 1 is 0.742 bits per heavy atom. The first kappa shape index (κ1) is 21.6. The van der Waals surface area contributed by atoms with Gasteiger partial charge in [0, 0.05) is 17.7 Å². The molecular weight excluding hydrogens is 392 g/mol. The molecule has 0 amide bonds.